The Morgan fingerprint density at radius 3 is 2.39 bits per heavy atom. The van der Waals surface area contributed by atoms with Gasteiger partial charge in [0.1, 0.15) is 5.75 Å². The second-order valence-corrected chi connectivity index (χ2v) is 6.77. The fourth-order valence-electron chi connectivity index (χ4n) is 3.02. The number of benzene rings is 2. The van der Waals surface area contributed by atoms with Crippen molar-refractivity contribution >= 4 is 44.9 Å². The molecule has 0 aliphatic rings. The number of anilines is 2. The van der Waals surface area contributed by atoms with Gasteiger partial charge in [-0.15, -0.1) is 0 Å². The van der Waals surface area contributed by atoms with Crippen molar-refractivity contribution in [2.24, 2.45) is 0 Å². The number of esters is 1. The molecule has 0 atom stereocenters. The quantitative estimate of drug-likeness (QED) is 0.373. The van der Waals surface area contributed by atoms with E-state index in [1.54, 1.807) is 24.3 Å². The number of nitrogens with zero attached hydrogens (tertiary/aromatic N) is 1. The summed E-state index contributed by atoms with van der Waals surface area (Å²) >= 11 is 0. The number of hydrogen-bond acceptors (Lipinski definition) is 6. The maximum absolute atomic E-state index is 12.2. The number of Topliss-reactive ketones (excluding diaryl/α,β-unsaturated/α-hetero) is 1. The molecule has 8 nitrogen and oxygen atoms in total. The van der Waals surface area contributed by atoms with Gasteiger partial charge < -0.3 is 14.5 Å². The number of ketones is 1. The van der Waals surface area contributed by atoms with Crippen molar-refractivity contribution in [3.05, 3.63) is 53.7 Å². The highest BCUT2D eigenvalue weighted by Gasteiger charge is 2.23. The van der Waals surface area contributed by atoms with Crippen molar-refractivity contribution in [1.82, 2.24) is 4.98 Å². The van der Waals surface area contributed by atoms with Gasteiger partial charge in [0.25, 0.3) is 0 Å². The molecule has 0 radical (unpaired) electrons. The molecule has 146 valence electrons. The highest BCUT2D eigenvalue weighted by Crippen LogP contribution is 2.38. The SMILES string of the molecule is COC(=O)c1cc(N(c2ccccc2OC)[SH](=O)=O)c2[nH]cc(C(C)=O)c2c1. The summed E-state index contributed by atoms with van der Waals surface area (Å²) in [5.74, 6) is -0.550. The van der Waals surface area contributed by atoms with E-state index in [-0.39, 0.29) is 22.7 Å². The van der Waals surface area contributed by atoms with Crippen LogP contribution >= 0.6 is 0 Å². The lowest BCUT2D eigenvalue weighted by molar-refractivity contribution is 0.0600. The third-order valence-corrected chi connectivity index (χ3v) is 5.03. The van der Waals surface area contributed by atoms with E-state index >= 15 is 0 Å². The molecular formula is C19H18N2O6S. The maximum atomic E-state index is 12.2. The van der Waals surface area contributed by atoms with Gasteiger partial charge in [-0.2, -0.15) is 0 Å². The Hall–Kier alpha value is -3.33. The Kier molecular flexibility index (Phi) is 5.36. The van der Waals surface area contributed by atoms with E-state index in [1.165, 1.54) is 39.5 Å². The highest BCUT2D eigenvalue weighted by atomic mass is 32.2. The molecule has 0 unspecified atom stereocenters. The fraction of sp³-hybridized carbons (Fsp3) is 0.158. The molecule has 0 aliphatic carbocycles. The van der Waals surface area contributed by atoms with E-state index in [0.29, 0.717) is 22.2 Å². The topological polar surface area (TPSA) is 106 Å². The maximum Gasteiger partial charge on any atom is 0.337 e. The monoisotopic (exact) mass is 402 g/mol. The van der Waals surface area contributed by atoms with Gasteiger partial charge in [-0.3, -0.25) is 4.79 Å². The van der Waals surface area contributed by atoms with Crippen LogP contribution in [0.2, 0.25) is 0 Å². The molecule has 0 fully saturated rings. The summed E-state index contributed by atoms with van der Waals surface area (Å²) in [4.78, 5) is 27.1. The third-order valence-electron chi connectivity index (χ3n) is 4.27. The number of carbonyl (C=O) groups is 2. The first-order valence-electron chi connectivity index (χ1n) is 8.20. The number of methoxy groups -OCH3 is 2. The minimum Gasteiger partial charge on any atom is -0.495 e. The Morgan fingerprint density at radius 2 is 1.79 bits per heavy atom. The lowest BCUT2D eigenvalue weighted by atomic mass is 10.1. The number of ether oxygens (including phenoxy) is 2. The first kappa shape index (κ1) is 19.4. The molecule has 1 aromatic heterocycles. The standard InChI is InChI=1S/C19H18N2O6S/c1-11(22)14-10-20-18-13(14)8-12(19(23)27-3)9-16(18)21(28(24)25)15-6-4-5-7-17(15)26-2/h4-10,20,28H,1-3H3. The van der Waals surface area contributed by atoms with Crippen LogP contribution in [0.3, 0.4) is 0 Å². The highest BCUT2D eigenvalue weighted by molar-refractivity contribution is 7.74. The second kappa shape index (κ2) is 7.73. The zero-order valence-electron chi connectivity index (χ0n) is 15.4. The van der Waals surface area contributed by atoms with Crippen molar-refractivity contribution < 1.29 is 27.5 Å². The van der Waals surface area contributed by atoms with Crippen LogP contribution in [0.15, 0.2) is 42.6 Å². The van der Waals surface area contributed by atoms with Crippen molar-refractivity contribution in [3.8, 4) is 5.75 Å². The van der Waals surface area contributed by atoms with Gasteiger partial charge in [-0.25, -0.2) is 17.5 Å². The van der Waals surface area contributed by atoms with Crippen molar-refractivity contribution in [2.75, 3.05) is 18.5 Å². The molecule has 2 aromatic carbocycles. The average Bonchev–Trinajstić information content (AvgIpc) is 3.12. The van der Waals surface area contributed by atoms with E-state index in [0.717, 1.165) is 4.31 Å². The number of H-pyrrole nitrogens is 1. The molecule has 3 aromatic rings. The summed E-state index contributed by atoms with van der Waals surface area (Å²) < 4.78 is 35.5. The van der Waals surface area contributed by atoms with Crippen LogP contribution in [-0.2, 0) is 15.6 Å². The van der Waals surface area contributed by atoms with Crippen molar-refractivity contribution in [1.29, 1.82) is 0 Å². The third kappa shape index (κ3) is 3.31. The van der Waals surface area contributed by atoms with Crippen LogP contribution in [0.25, 0.3) is 10.9 Å². The average molecular weight is 402 g/mol. The summed E-state index contributed by atoms with van der Waals surface area (Å²) in [5.41, 5.74) is 1.28. The van der Waals surface area contributed by atoms with Crippen LogP contribution in [0, 0.1) is 0 Å². The smallest absolute Gasteiger partial charge is 0.337 e. The lowest BCUT2D eigenvalue weighted by Crippen LogP contribution is -2.17. The number of fused-ring (bicyclic) bond motifs is 1. The van der Waals surface area contributed by atoms with Gasteiger partial charge >= 0.3 is 5.97 Å². The number of para-hydroxylation sites is 2. The largest absolute Gasteiger partial charge is 0.495 e. The van der Waals surface area contributed by atoms with Gasteiger partial charge in [-0.05, 0) is 31.2 Å². The first-order chi connectivity index (χ1) is 13.4. The molecule has 0 spiro atoms. The Balaban J connectivity index is 2.38. The Morgan fingerprint density at radius 1 is 1.07 bits per heavy atom. The Bertz CT molecular complexity index is 1140. The number of aromatic amines is 1. The molecule has 9 heteroatoms. The summed E-state index contributed by atoms with van der Waals surface area (Å²) in [5, 5.41) is 0.419. The number of aromatic nitrogens is 1. The molecule has 1 N–H and O–H groups in total. The molecule has 3 rings (SSSR count). The van der Waals surface area contributed by atoms with Crippen molar-refractivity contribution in [3.63, 3.8) is 0 Å². The van der Waals surface area contributed by atoms with Crippen LogP contribution < -0.4 is 9.04 Å². The van der Waals surface area contributed by atoms with Gasteiger partial charge in [0.05, 0.1) is 36.7 Å². The molecular weight excluding hydrogens is 384 g/mol. The predicted octanol–water partition coefficient (Wildman–Crippen LogP) is 2.83. The molecule has 28 heavy (non-hydrogen) atoms. The lowest BCUT2D eigenvalue weighted by Gasteiger charge is -2.21. The van der Waals surface area contributed by atoms with Crippen LogP contribution in [0.4, 0.5) is 11.4 Å². The summed E-state index contributed by atoms with van der Waals surface area (Å²) in [6.45, 7) is 1.39. The van der Waals surface area contributed by atoms with E-state index < -0.39 is 16.9 Å². The minimum absolute atomic E-state index is 0.115. The molecule has 0 aliphatic heterocycles. The molecule has 1 heterocycles. The zero-order chi connectivity index (χ0) is 20.4. The molecule has 0 bridgehead atoms. The fourth-order valence-corrected chi connectivity index (χ4v) is 3.69. The normalized spacial score (nSPS) is 10.9. The van der Waals surface area contributed by atoms with E-state index in [9.17, 15) is 18.0 Å². The van der Waals surface area contributed by atoms with Crippen molar-refractivity contribution in [2.45, 2.75) is 6.92 Å². The van der Waals surface area contributed by atoms with Gasteiger partial charge in [0, 0.05) is 17.1 Å². The number of nitrogens with one attached hydrogen (secondary N) is 1. The second-order valence-electron chi connectivity index (χ2n) is 5.89. The number of thiol groups is 1. The van der Waals surface area contributed by atoms with E-state index in [2.05, 4.69) is 4.98 Å². The number of rotatable bonds is 6. The van der Waals surface area contributed by atoms with Gasteiger partial charge in [0.2, 0.25) is 10.9 Å². The number of carbonyl (C=O) groups excluding carboxylic acids is 2. The molecule has 0 amide bonds. The number of hydrogen-bond donors (Lipinski definition) is 2. The summed E-state index contributed by atoms with van der Waals surface area (Å²) in [7, 11) is -0.505. The Labute approximate surface area is 162 Å². The van der Waals surface area contributed by atoms with Crippen LogP contribution in [0.5, 0.6) is 5.75 Å². The summed E-state index contributed by atoms with van der Waals surface area (Å²) in [6.07, 6.45) is 1.48. The van der Waals surface area contributed by atoms with E-state index in [4.69, 9.17) is 9.47 Å². The van der Waals surface area contributed by atoms with Crippen LogP contribution in [0.1, 0.15) is 27.6 Å². The first-order valence-corrected chi connectivity index (χ1v) is 9.34. The minimum atomic E-state index is -3.16. The van der Waals surface area contributed by atoms with Gasteiger partial charge in [0.15, 0.2) is 5.78 Å². The molecule has 0 saturated carbocycles. The zero-order valence-corrected chi connectivity index (χ0v) is 16.3. The van der Waals surface area contributed by atoms with E-state index in [1.807, 2.05) is 0 Å². The predicted molar refractivity (Wildman–Crippen MR) is 105 cm³/mol. The van der Waals surface area contributed by atoms with Gasteiger partial charge in [-0.1, -0.05) is 12.1 Å². The molecule has 0 saturated heterocycles. The van der Waals surface area contributed by atoms with Crippen LogP contribution in [-0.4, -0.2) is 39.4 Å². The summed E-state index contributed by atoms with van der Waals surface area (Å²) in [6, 6.07) is 9.47.